The minimum atomic E-state index is -0.562. The first-order valence-corrected chi connectivity index (χ1v) is 6.85. The number of ether oxygens (including phenoxy) is 1. The highest BCUT2D eigenvalue weighted by molar-refractivity contribution is 5.41. The van der Waals surface area contributed by atoms with Gasteiger partial charge >= 0.3 is 0 Å². The van der Waals surface area contributed by atoms with Gasteiger partial charge in [0.15, 0.2) is 0 Å². The number of nitrogens with zero attached hydrogens (tertiary/aromatic N) is 3. The van der Waals surface area contributed by atoms with Gasteiger partial charge in [0.1, 0.15) is 24.3 Å². The van der Waals surface area contributed by atoms with Crippen molar-refractivity contribution in [3.8, 4) is 5.75 Å². The molecule has 6 nitrogen and oxygen atoms in total. The number of hydrogen-bond acceptors (Lipinski definition) is 5. The van der Waals surface area contributed by atoms with E-state index in [1.165, 1.54) is 0 Å². The third kappa shape index (κ3) is 4.77. The van der Waals surface area contributed by atoms with Gasteiger partial charge in [0.2, 0.25) is 0 Å². The number of hydrogen-bond donors (Lipinski definition) is 2. The summed E-state index contributed by atoms with van der Waals surface area (Å²) in [6.07, 6.45) is 3.11. The number of anilines is 1. The van der Waals surface area contributed by atoms with Crippen LogP contribution in [-0.4, -0.2) is 45.9 Å². The molecule has 2 aromatic rings. The summed E-state index contributed by atoms with van der Waals surface area (Å²) in [7, 11) is 3.90. The number of aliphatic hydroxyl groups is 1. The second-order valence-corrected chi connectivity index (χ2v) is 5.18. The van der Waals surface area contributed by atoms with Gasteiger partial charge in [-0.1, -0.05) is 0 Å². The van der Waals surface area contributed by atoms with Crippen molar-refractivity contribution in [2.45, 2.75) is 12.6 Å². The maximum absolute atomic E-state index is 10.0. The molecule has 2 rings (SSSR count). The molecule has 0 fully saturated rings. The van der Waals surface area contributed by atoms with Crippen LogP contribution in [0.5, 0.6) is 5.75 Å². The zero-order chi connectivity index (χ0) is 15.2. The van der Waals surface area contributed by atoms with E-state index in [4.69, 9.17) is 10.5 Å². The van der Waals surface area contributed by atoms with Crippen LogP contribution in [0.15, 0.2) is 36.7 Å². The lowest BCUT2D eigenvalue weighted by atomic mass is 10.3. The van der Waals surface area contributed by atoms with Crippen molar-refractivity contribution < 1.29 is 9.84 Å². The highest BCUT2D eigenvalue weighted by Crippen LogP contribution is 2.13. The van der Waals surface area contributed by atoms with Crippen LogP contribution in [0.3, 0.4) is 0 Å². The van der Waals surface area contributed by atoms with Crippen molar-refractivity contribution in [1.82, 2.24) is 14.5 Å². The van der Waals surface area contributed by atoms with Gasteiger partial charge in [-0.2, -0.15) is 0 Å². The van der Waals surface area contributed by atoms with Gasteiger partial charge in [-0.3, -0.25) is 4.90 Å². The standard InChI is InChI=1S/C15H22N4O2/c1-18(10-15-17-7-8-19(15)2)9-13(20)11-21-14-5-3-12(16)4-6-14/h3-8,13,20H,9-11,16H2,1-2H3. The summed E-state index contributed by atoms with van der Waals surface area (Å²) in [5.74, 6) is 1.67. The molecule has 1 unspecified atom stereocenters. The van der Waals surface area contributed by atoms with Crippen LogP contribution in [0.25, 0.3) is 0 Å². The fourth-order valence-corrected chi connectivity index (χ4v) is 2.02. The Morgan fingerprint density at radius 2 is 2.10 bits per heavy atom. The molecule has 1 aromatic heterocycles. The van der Waals surface area contributed by atoms with Crippen LogP contribution in [0.2, 0.25) is 0 Å². The number of benzene rings is 1. The fraction of sp³-hybridized carbons (Fsp3) is 0.400. The quantitative estimate of drug-likeness (QED) is 0.740. The number of aliphatic hydroxyl groups excluding tert-OH is 1. The summed E-state index contributed by atoms with van der Waals surface area (Å²) in [6.45, 7) is 1.44. The fourth-order valence-electron chi connectivity index (χ4n) is 2.02. The number of imidazole rings is 1. The Morgan fingerprint density at radius 1 is 1.38 bits per heavy atom. The van der Waals surface area contributed by atoms with E-state index in [9.17, 15) is 5.11 Å². The lowest BCUT2D eigenvalue weighted by molar-refractivity contribution is 0.0735. The molecule has 3 N–H and O–H groups in total. The highest BCUT2D eigenvalue weighted by Gasteiger charge is 2.11. The van der Waals surface area contributed by atoms with E-state index in [2.05, 4.69) is 4.98 Å². The third-order valence-corrected chi connectivity index (χ3v) is 3.18. The highest BCUT2D eigenvalue weighted by atomic mass is 16.5. The molecule has 1 aromatic carbocycles. The summed E-state index contributed by atoms with van der Waals surface area (Å²) in [5, 5.41) is 10.0. The molecule has 1 heterocycles. The van der Waals surface area contributed by atoms with Crippen molar-refractivity contribution in [2.24, 2.45) is 7.05 Å². The first-order chi connectivity index (χ1) is 10.0. The zero-order valence-corrected chi connectivity index (χ0v) is 12.4. The number of likely N-dealkylation sites (N-methyl/N-ethyl adjacent to an activating group) is 1. The Hall–Kier alpha value is -2.05. The second kappa shape index (κ2) is 7.10. The number of aryl methyl sites for hydroxylation is 1. The van der Waals surface area contributed by atoms with Crippen LogP contribution in [0, 0.1) is 0 Å². The van der Waals surface area contributed by atoms with Crippen molar-refractivity contribution >= 4 is 5.69 Å². The van der Waals surface area contributed by atoms with E-state index >= 15 is 0 Å². The predicted molar refractivity (Wildman–Crippen MR) is 81.9 cm³/mol. The molecule has 0 amide bonds. The van der Waals surface area contributed by atoms with Gasteiger partial charge in [0.05, 0.1) is 6.54 Å². The molecular weight excluding hydrogens is 268 g/mol. The average molecular weight is 290 g/mol. The van der Waals surface area contributed by atoms with Gasteiger partial charge in [-0.15, -0.1) is 0 Å². The first kappa shape index (κ1) is 15.3. The predicted octanol–water partition coefficient (Wildman–Crippen LogP) is 0.874. The Kier molecular flexibility index (Phi) is 5.19. The van der Waals surface area contributed by atoms with E-state index in [1.54, 1.807) is 30.5 Å². The summed E-state index contributed by atoms with van der Waals surface area (Å²) in [4.78, 5) is 6.27. The largest absolute Gasteiger partial charge is 0.491 e. The van der Waals surface area contributed by atoms with Crippen LogP contribution in [0.4, 0.5) is 5.69 Å². The minimum absolute atomic E-state index is 0.245. The summed E-state index contributed by atoms with van der Waals surface area (Å²) in [6, 6.07) is 7.13. The zero-order valence-electron chi connectivity index (χ0n) is 12.4. The van der Waals surface area contributed by atoms with Crippen LogP contribution in [-0.2, 0) is 13.6 Å². The van der Waals surface area contributed by atoms with Gasteiger partial charge in [0, 0.05) is 31.7 Å². The minimum Gasteiger partial charge on any atom is -0.491 e. The van der Waals surface area contributed by atoms with Crippen LogP contribution >= 0.6 is 0 Å². The lowest BCUT2D eigenvalue weighted by Crippen LogP contribution is -2.33. The first-order valence-electron chi connectivity index (χ1n) is 6.85. The molecule has 0 aliphatic carbocycles. The van der Waals surface area contributed by atoms with E-state index < -0.39 is 6.10 Å². The Balaban J connectivity index is 1.74. The molecular formula is C15H22N4O2. The smallest absolute Gasteiger partial charge is 0.122 e. The monoisotopic (exact) mass is 290 g/mol. The third-order valence-electron chi connectivity index (χ3n) is 3.18. The molecule has 1 atom stereocenters. The van der Waals surface area contributed by atoms with Crippen molar-refractivity contribution in [3.63, 3.8) is 0 Å². The maximum atomic E-state index is 10.0. The van der Waals surface area contributed by atoms with Crippen LogP contribution < -0.4 is 10.5 Å². The van der Waals surface area contributed by atoms with Gasteiger partial charge in [0.25, 0.3) is 0 Å². The Labute approximate surface area is 124 Å². The molecule has 0 radical (unpaired) electrons. The van der Waals surface area contributed by atoms with E-state index in [1.807, 2.05) is 29.8 Å². The Morgan fingerprint density at radius 3 is 2.71 bits per heavy atom. The van der Waals surface area contributed by atoms with Crippen molar-refractivity contribution in [3.05, 3.63) is 42.5 Å². The number of aromatic nitrogens is 2. The lowest BCUT2D eigenvalue weighted by Gasteiger charge is -2.20. The summed E-state index contributed by atoms with van der Waals surface area (Å²) < 4.78 is 7.50. The Bertz CT molecular complexity index is 553. The van der Waals surface area contributed by atoms with Crippen LogP contribution in [0.1, 0.15) is 5.82 Å². The van der Waals surface area contributed by atoms with Gasteiger partial charge < -0.3 is 20.1 Å². The normalized spacial score (nSPS) is 12.6. The number of nitrogens with two attached hydrogens (primary N) is 1. The molecule has 0 spiro atoms. The molecule has 114 valence electrons. The molecule has 0 aliphatic rings. The molecule has 6 heteroatoms. The summed E-state index contributed by atoms with van der Waals surface area (Å²) in [5.41, 5.74) is 6.30. The molecule has 0 bridgehead atoms. The maximum Gasteiger partial charge on any atom is 0.122 e. The van der Waals surface area contributed by atoms with E-state index in [0.29, 0.717) is 24.5 Å². The SMILES string of the molecule is CN(Cc1nccn1C)CC(O)COc1ccc(N)cc1. The average Bonchev–Trinajstić information content (AvgIpc) is 2.83. The van der Waals surface area contributed by atoms with Crippen molar-refractivity contribution in [2.75, 3.05) is 25.9 Å². The topological polar surface area (TPSA) is 76.5 Å². The van der Waals surface area contributed by atoms with Gasteiger partial charge in [-0.25, -0.2) is 4.98 Å². The number of nitrogen functional groups attached to an aromatic ring is 1. The molecule has 0 saturated carbocycles. The van der Waals surface area contributed by atoms with E-state index in [0.717, 1.165) is 5.82 Å². The summed E-state index contributed by atoms with van der Waals surface area (Å²) >= 11 is 0. The number of rotatable bonds is 7. The molecule has 0 saturated heterocycles. The van der Waals surface area contributed by atoms with Gasteiger partial charge in [-0.05, 0) is 31.3 Å². The molecule has 0 aliphatic heterocycles. The molecule has 21 heavy (non-hydrogen) atoms. The second-order valence-electron chi connectivity index (χ2n) is 5.18. The van der Waals surface area contributed by atoms with Crippen molar-refractivity contribution in [1.29, 1.82) is 0 Å². The van der Waals surface area contributed by atoms with E-state index in [-0.39, 0.29) is 6.61 Å².